The van der Waals surface area contributed by atoms with Gasteiger partial charge in [0.15, 0.2) is 0 Å². The van der Waals surface area contributed by atoms with Crippen molar-refractivity contribution in [1.29, 1.82) is 0 Å². The first-order valence-electron chi connectivity index (χ1n) is 8.15. The Morgan fingerprint density at radius 3 is 2.40 bits per heavy atom. The van der Waals surface area contributed by atoms with Gasteiger partial charge >= 0.3 is 12.3 Å². The number of rotatable bonds is 1. The van der Waals surface area contributed by atoms with Crippen LogP contribution < -0.4 is 0 Å². The Hall–Kier alpha value is -1.99. The molecule has 1 aliphatic heterocycles. The van der Waals surface area contributed by atoms with Crippen molar-refractivity contribution in [2.45, 2.75) is 45.4 Å². The van der Waals surface area contributed by atoms with Gasteiger partial charge in [0.1, 0.15) is 11.3 Å². The van der Waals surface area contributed by atoms with Crippen molar-refractivity contribution < 1.29 is 22.7 Å². The number of hydrogen-bond acceptors (Lipinski definition) is 3. The molecule has 2 aliphatic rings. The molecule has 2 fully saturated rings. The summed E-state index contributed by atoms with van der Waals surface area (Å²) in [7, 11) is 1.29. The molecule has 0 unspecified atom stereocenters. The standard InChI is InChI=1S/C17H22F3N3O2/c1-15(2,3)25-14(24)23-9-16(10-23)6-11(7-16)5-12-8-21-22(4)13(12)17(18,19)20/h5,8H,6-7,9-10H2,1-4H3. The third kappa shape index (κ3) is 3.52. The Balaban J connectivity index is 1.60. The predicted molar refractivity (Wildman–Crippen MR) is 85.7 cm³/mol. The van der Waals surface area contributed by atoms with E-state index in [0.717, 1.165) is 10.3 Å². The summed E-state index contributed by atoms with van der Waals surface area (Å²) in [6.07, 6.45) is -0.520. The van der Waals surface area contributed by atoms with Crippen LogP contribution in [0.2, 0.25) is 0 Å². The van der Waals surface area contributed by atoms with E-state index in [1.807, 2.05) is 20.8 Å². The number of aromatic nitrogens is 2. The van der Waals surface area contributed by atoms with Crippen LogP contribution in [0.5, 0.6) is 0 Å². The topological polar surface area (TPSA) is 47.4 Å². The molecule has 1 saturated heterocycles. The van der Waals surface area contributed by atoms with Gasteiger partial charge in [-0.25, -0.2) is 4.79 Å². The number of amides is 1. The lowest BCUT2D eigenvalue weighted by molar-refractivity contribution is -0.143. The molecule has 1 saturated carbocycles. The fourth-order valence-corrected chi connectivity index (χ4v) is 3.58. The van der Waals surface area contributed by atoms with E-state index in [0.29, 0.717) is 25.9 Å². The summed E-state index contributed by atoms with van der Waals surface area (Å²) in [5, 5.41) is 3.72. The Morgan fingerprint density at radius 2 is 1.88 bits per heavy atom. The first kappa shape index (κ1) is 17.8. The zero-order valence-corrected chi connectivity index (χ0v) is 14.8. The van der Waals surface area contributed by atoms with Crippen molar-refractivity contribution >= 4 is 12.2 Å². The maximum atomic E-state index is 13.1. The number of aryl methyl sites for hydroxylation is 1. The first-order valence-corrected chi connectivity index (χ1v) is 8.15. The fraction of sp³-hybridized carbons (Fsp3) is 0.647. The van der Waals surface area contributed by atoms with Gasteiger partial charge in [0.2, 0.25) is 0 Å². The summed E-state index contributed by atoms with van der Waals surface area (Å²) in [5.41, 5.74) is -0.197. The van der Waals surface area contributed by atoms with Gasteiger partial charge < -0.3 is 9.64 Å². The molecule has 1 spiro atoms. The molecule has 25 heavy (non-hydrogen) atoms. The van der Waals surface area contributed by atoms with Gasteiger partial charge in [-0.1, -0.05) is 11.6 Å². The van der Waals surface area contributed by atoms with E-state index in [-0.39, 0.29) is 17.1 Å². The van der Waals surface area contributed by atoms with Gasteiger partial charge in [-0.05, 0) is 33.6 Å². The lowest BCUT2D eigenvalue weighted by Gasteiger charge is -2.56. The van der Waals surface area contributed by atoms with Crippen molar-refractivity contribution in [3.05, 3.63) is 23.0 Å². The molecule has 1 amide bonds. The van der Waals surface area contributed by atoms with Crippen LogP contribution in [0.25, 0.3) is 6.08 Å². The minimum atomic E-state index is -4.43. The Morgan fingerprint density at radius 1 is 1.28 bits per heavy atom. The maximum absolute atomic E-state index is 13.1. The molecule has 1 aromatic heterocycles. The second kappa shape index (κ2) is 5.51. The van der Waals surface area contributed by atoms with Crippen LogP contribution in [0.15, 0.2) is 11.8 Å². The molecule has 138 valence electrons. The van der Waals surface area contributed by atoms with Crippen LogP contribution >= 0.6 is 0 Å². The van der Waals surface area contributed by atoms with Crippen LogP contribution in [0.3, 0.4) is 0 Å². The molecule has 0 aromatic carbocycles. The van der Waals surface area contributed by atoms with Crippen molar-refractivity contribution in [3.8, 4) is 0 Å². The number of carbonyl (C=O) groups is 1. The smallest absolute Gasteiger partial charge is 0.433 e. The number of nitrogens with zero attached hydrogens (tertiary/aromatic N) is 3. The monoisotopic (exact) mass is 357 g/mol. The lowest BCUT2D eigenvalue weighted by Crippen LogP contribution is -2.62. The molecule has 0 atom stereocenters. The summed E-state index contributed by atoms with van der Waals surface area (Å²) >= 11 is 0. The molecule has 2 heterocycles. The van der Waals surface area contributed by atoms with Crippen LogP contribution in [0.4, 0.5) is 18.0 Å². The highest BCUT2D eigenvalue weighted by molar-refractivity contribution is 5.70. The van der Waals surface area contributed by atoms with Crippen molar-refractivity contribution in [1.82, 2.24) is 14.7 Å². The third-order valence-electron chi connectivity index (χ3n) is 4.50. The number of alkyl halides is 3. The second-order valence-corrected chi connectivity index (χ2v) is 8.06. The van der Waals surface area contributed by atoms with E-state index >= 15 is 0 Å². The zero-order chi connectivity index (χ0) is 18.6. The largest absolute Gasteiger partial charge is 0.444 e. The quantitative estimate of drug-likeness (QED) is 0.767. The molecule has 0 bridgehead atoms. The third-order valence-corrected chi connectivity index (χ3v) is 4.50. The predicted octanol–water partition coefficient (Wildman–Crippen LogP) is 3.85. The van der Waals surface area contributed by atoms with Crippen LogP contribution in [0, 0.1) is 5.41 Å². The molecule has 0 N–H and O–H groups in total. The van der Waals surface area contributed by atoms with E-state index < -0.39 is 17.5 Å². The number of likely N-dealkylation sites (tertiary alicyclic amines) is 1. The zero-order valence-electron chi connectivity index (χ0n) is 14.8. The summed E-state index contributed by atoms with van der Waals surface area (Å²) in [5.74, 6) is 0. The van der Waals surface area contributed by atoms with Gasteiger partial charge in [-0.15, -0.1) is 0 Å². The van der Waals surface area contributed by atoms with Crippen molar-refractivity contribution in [2.75, 3.05) is 13.1 Å². The second-order valence-electron chi connectivity index (χ2n) is 8.06. The Kier molecular flexibility index (Phi) is 3.92. The van der Waals surface area contributed by atoms with Crippen molar-refractivity contribution in [3.63, 3.8) is 0 Å². The summed E-state index contributed by atoms with van der Waals surface area (Å²) in [4.78, 5) is 13.6. The van der Waals surface area contributed by atoms with E-state index in [4.69, 9.17) is 4.74 Å². The first-order chi connectivity index (χ1) is 11.4. The van der Waals surface area contributed by atoms with E-state index in [2.05, 4.69) is 5.10 Å². The number of hydrogen-bond donors (Lipinski definition) is 0. The number of halogens is 3. The van der Waals surface area contributed by atoms with Crippen LogP contribution in [-0.2, 0) is 18.0 Å². The van der Waals surface area contributed by atoms with Gasteiger partial charge in [0.25, 0.3) is 0 Å². The molecule has 5 nitrogen and oxygen atoms in total. The molecule has 8 heteroatoms. The lowest BCUT2D eigenvalue weighted by atomic mass is 9.60. The van der Waals surface area contributed by atoms with Gasteiger partial charge in [-0.2, -0.15) is 18.3 Å². The van der Waals surface area contributed by atoms with E-state index in [1.165, 1.54) is 13.2 Å². The SMILES string of the molecule is Cn1ncc(C=C2CC3(C2)CN(C(=O)OC(C)(C)C)C3)c1C(F)(F)F. The van der Waals surface area contributed by atoms with Gasteiger partial charge in [-0.3, -0.25) is 4.68 Å². The van der Waals surface area contributed by atoms with Crippen molar-refractivity contribution in [2.24, 2.45) is 12.5 Å². The average molecular weight is 357 g/mol. The minimum absolute atomic E-state index is 0.00332. The number of carbonyl (C=O) groups excluding carboxylic acids is 1. The highest BCUT2D eigenvalue weighted by atomic mass is 19.4. The molecule has 1 aliphatic carbocycles. The summed E-state index contributed by atoms with van der Waals surface area (Å²) in [6.45, 7) is 6.64. The van der Waals surface area contributed by atoms with Gasteiger partial charge in [0.05, 0.1) is 6.20 Å². The molecule has 3 rings (SSSR count). The Labute approximate surface area is 144 Å². The summed E-state index contributed by atoms with van der Waals surface area (Å²) < 4.78 is 45.4. The highest BCUT2D eigenvalue weighted by Gasteiger charge is 2.52. The fourth-order valence-electron chi connectivity index (χ4n) is 3.58. The Bertz CT molecular complexity index is 712. The molecule has 0 radical (unpaired) electrons. The van der Waals surface area contributed by atoms with E-state index in [1.54, 1.807) is 11.0 Å². The summed E-state index contributed by atoms with van der Waals surface area (Å²) in [6, 6.07) is 0. The molecule has 1 aromatic rings. The molecular weight excluding hydrogens is 335 g/mol. The number of allylic oxidation sites excluding steroid dienone is 1. The van der Waals surface area contributed by atoms with Crippen LogP contribution in [-0.4, -0.2) is 39.5 Å². The average Bonchev–Trinajstić information content (AvgIpc) is 2.68. The van der Waals surface area contributed by atoms with Gasteiger partial charge in [0, 0.05) is 31.1 Å². The highest BCUT2D eigenvalue weighted by Crippen LogP contribution is 2.52. The maximum Gasteiger partial charge on any atom is 0.433 e. The molecular formula is C17H22F3N3O2. The normalized spacial score (nSPS) is 19.5. The minimum Gasteiger partial charge on any atom is -0.444 e. The van der Waals surface area contributed by atoms with Crippen LogP contribution in [0.1, 0.15) is 44.9 Å². The van der Waals surface area contributed by atoms with E-state index in [9.17, 15) is 18.0 Å². The number of ether oxygens (including phenoxy) is 1.